The summed E-state index contributed by atoms with van der Waals surface area (Å²) in [4.78, 5) is 11.1. The average Bonchev–Trinajstić information content (AvgIpc) is 2.16. The van der Waals surface area contributed by atoms with Crippen LogP contribution in [0.2, 0.25) is 0 Å². The van der Waals surface area contributed by atoms with Crippen molar-refractivity contribution in [2.24, 2.45) is 0 Å². The van der Waals surface area contributed by atoms with Gasteiger partial charge in [0.2, 0.25) is 0 Å². The predicted octanol–water partition coefficient (Wildman–Crippen LogP) is 1.39. The Balaban J connectivity index is 2.72. The van der Waals surface area contributed by atoms with E-state index in [9.17, 15) is 9.00 Å². The van der Waals surface area contributed by atoms with Gasteiger partial charge in [0.05, 0.1) is 11.0 Å². The van der Waals surface area contributed by atoms with Crippen molar-refractivity contribution in [2.45, 2.75) is 45.1 Å². The monoisotopic (exact) mass is 233 g/mol. The highest BCUT2D eigenvalue weighted by Crippen LogP contribution is 2.18. The largest absolute Gasteiger partial charge is 0.480 e. The molecule has 0 aromatic heterocycles. The SMILES string of the molecule is CCS(=O)N1CCCCCCC1C(=O)O. The first-order valence-corrected chi connectivity index (χ1v) is 6.82. The highest BCUT2D eigenvalue weighted by molar-refractivity contribution is 7.82. The molecule has 1 aliphatic heterocycles. The van der Waals surface area contributed by atoms with Crippen LogP contribution >= 0.6 is 0 Å². The summed E-state index contributed by atoms with van der Waals surface area (Å²) in [6.07, 6.45) is 4.71. The Labute approximate surface area is 93.2 Å². The Morgan fingerprint density at radius 2 is 2.07 bits per heavy atom. The van der Waals surface area contributed by atoms with E-state index in [4.69, 9.17) is 5.11 Å². The topological polar surface area (TPSA) is 57.6 Å². The van der Waals surface area contributed by atoms with Crippen LogP contribution in [0.3, 0.4) is 0 Å². The molecule has 0 aromatic carbocycles. The lowest BCUT2D eigenvalue weighted by molar-refractivity contribution is -0.141. The van der Waals surface area contributed by atoms with Gasteiger partial charge in [0, 0.05) is 12.3 Å². The average molecular weight is 233 g/mol. The van der Waals surface area contributed by atoms with Crippen LogP contribution < -0.4 is 0 Å². The van der Waals surface area contributed by atoms with Crippen molar-refractivity contribution in [3.05, 3.63) is 0 Å². The van der Waals surface area contributed by atoms with Crippen LogP contribution in [0.5, 0.6) is 0 Å². The number of carbonyl (C=O) groups is 1. The van der Waals surface area contributed by atoms with Crippen molar-refractivity contribution in [2.75, 3.05) is 12.3 Å². The smallest absolute Gasteiger partial charge is 0.321 e. The lowest BCUT2D eigenvalue weighted by Crippen LogP contribution is -2.44. The highest BCUT2D eigenvalue weighted by Gasteiger charge is 2.29. The molecule has 0 spiro atoms. The van der Waals surface area contributed by atoms with Crippen molar-refractivity contribution in [1.82, 2.24) is 4.31 Å². The van der Waals surface area contributed by atoms with Gasteiger partial charge in [0.15, 0.2) is 0 Å². The Bertz CT molecular complexity index is 245. The number of hydrogen-bond donors (Lipinski definition) is 1. The fourth-order valence-corrected chi connectivity index (χ4v) is 3.06. The van der Waals surface area contributed by atoms with Crippen molar-refractivity contribution < 1.29 is 14.1 Å². The van der Waals surface area contributed by atoms with Gasteiger partial charge in [-0.1, -0.05) is 26.2 Å². The molecule has 15 heavy (non-hydrogen) atoms. The molecule has 2 atom stereocenters. The molecule has 88 valence electrons. The van der Waals surface area contributed by atoms with Crippen molar-refractivity contribution in [1.29, 1.82) is 0 Å². The highest BCUT2D eigenvalue weighted by atomic mass is 32.2. The van der Waals surface area contributed by atoms with Crippen LogP contribution in [0.1, 0.15) is 39.0 Å². The van der Waals surface area contributed by atoms with Gasteiger partial charge in [-0.05, 0) is 12.8 Å². The van der Waals surface area contributed by atoms with Crippen LogP contribution in [0.4, 0.5) is 0 Å². The molecular formula is C10H19NO3S. The van der Waals surface area contributed by atoms with Gasteiger partial charge in [-0.2, -0.15) is 0 Å². The molecule has 1 fully saturated rings. The first-order chi connectivity index (χ1) is 7.16. The maximum atomic E-state index is 11.7. The van der Waals surface area contributed by atoms with Gasteiger partial charge >= 0.3 is 5.97 Å². The third-order valence-electron chi connectivity index (χ3n) is 2.75. The van der Waals surface area contributed by atoms with E-state index in [2.05, 4.69) is 0 Å². The van der Waals surface area contributed by atoms with E-state index in [-0.39, 0.29) is 0 Å². The number of nitrogens with zero attached hydrogens (tertiary/aromatic N) is 1. The van der Waals surface area contributed by atoms with Gasteiger partial charge in [-0.15, -0.1) is 0 Å². The van der Waals surface area contributed by atoms with E-state index in [1.165, 1.54) is 0 Å². The molecule has 1 rings (SSSR count). The number of carboxylic acids is 1. The molecule has 0 aromatic rings. The molecule has 0 saturated carbocycles. The normalized spacial score (nSPS) is 26.6. The molecule has 0 radical (unpaired) electrons. The third kappa shape index (κ3) is 3.57. The Kier molecular flexibility index (Phi) is 5.25. The predicted molar refractivity (Wildman–Crippen MR) is 59.9 cm³/mol. The van der Waals surface area contributed by atoms with Gasteiger partial charge < -0.3 is 5.11 Å². The molecule has 1 heterocycles. The Hall–Kier alpha value is -0.420. The van der Waals surface area contributed by atoms with Crippen molar-refractivity contribution in [3.8, 4) is 0 Å². The van der Waals surface area contributed by atoms with E-state index in [0.29, 0.717) is 18.7 Å². The minimum Gasteiger partial charge on any atom is -0.480 e. The summed E-state index contributed by atoms with van der Waals surface area (Å²) in [6.45, 7) is 2.48. The second-order valence-corrected chi connectivity index (χ2v) is 5.50. The maximum absolute atomic E-state index is 11.7. The third-order valence-corrected chi connectivity index (χ3v) is 4.20. The second-order valence-electron chi connectivity index (χ2n) is 3.81. The van der Waals surface area contributed by atoms with Crippen LogP contribution in [0.15, 0.2) is 0 Å². The van der Waals surface area contributed by atoms with Gasteiger partial charge in [-0.25, -0.2) is 8.51 Å². The lowest BCUT2D eigenvalue weighted by Gasteiger charge is -2.28. The minimum absolute atomic E-state index is 0.504. The van der Waals surface area contributed by atoms with Crippen LogP contribution in [-0.2, 0) is 15.8 Å². The first kappa shape index (κ1) is 12.6. The second kappa shape index (κ2) is 6.23. The molecule has 0 aliphatic carbocycles. The molecule has 2 unspecified atom stereocenters. The standard InChI is InChI=1S/C10H19NO3S/c1-2-15(14)11-8-6-4-3-5-7-9(11)10(12)13/h9H,2-8H2,1H3,(H,12,13). The molecule has 1 aliphatic rings. The summed E-state index contributed by atoms with van der Waals surface area (Å²) in [5.74, 6) is -0.331. The van der Waals surface area contributed by atoms with E-state index in [1.54, 1.807) is 4.31 Å². The summed E-state index contributed by atoms with van der Waals surface area (Å²) < 4.78 is 13.4. The number of carboxylic acid groups (broad SMARTS) is 1. The summed E-state index contributed by atoms with van der Waals surface area (Å²) in [6, 6.07) is -0.550. The maximum Gasteiger partial charge on any atom is 0.321 e. The van der Waals surface area contributed by atoms with E-state index in [1.807, 2.05) is 6.92 Å². The zero-order valence-corrected chi connectivity index (χ0v) is 9.96. The van der Waals surface area contributed by atoms with Crippen molar-refractivity contribution in [3.63, 3.8) is 0 Å². The first-order valence-electron chi connectivity index (χ1n) is 5.54. The lowest BCUT2D eigenvalue weighted by atomic mass is 10.0. The van der Waals surface area contributed by atoms with E-state index >= 15 is 0 Å². The summed E-state index contributed by atoms with van der Waals surface area (Å²) >= 11 is 0. The van der Waals surface area contributed by atoms with E-state index < -0.39 is 23.0 Å². The molecule has 4 nitrogen and oxygen atoms in total. The summed E-state index contributed by atoms with van der Waals surface area (Å²) in [7, 11) is -1.13. The van der Waals surface area contributed by atoms with Crippen molar-refractivity contribution >= 4 is 17.0 Å². The molecule has 0 amide bonds. The van der Waals surface area contributed by atoms with Gasteiger partial charge in [-0.3, -0.25) is 4.79 Å². The quantitative estimate of drug-likeness (QED) is 0.801. The van der Waals surface area contributed by atoms with Gasteiger partial charge in [0.25, 0.3) is 0 Å². The fourth-order valence-electron chi connectivity index (χ4n) is 1.91. The molecule has 1 saturated heterocycles. The number of rotatable bonds is 3. The Morgan fingerprint density at radius 3 is 2.67 bits per heavy atom. The fraction of sp³-hybridized carbons (Fsp3) is 0.900. The zero-order valence-electron chi connectivity index (χ0n) is 9.15. The zero-order chi connectivity index (χ0) is 11.3. The van der Waals surface area contributed by atoms with Gasteiger partial charge in [0.1, 0.15) is 6.04 Å². The molecular weight excluding hydrogens is 214 g/mol. The Morgan fingerprint density at radius 1 is 1.40 bits per heavy atom. The molecule has 0 bridgehead atoms. The van der Waals surface area contributed by atoms with Crippen LogP contribution in [-0.4, -0.2) is 37.9 Å². The van der Waals surface area contributed by atoms with Crippen LogP contribution in [0.25, 0.3) is 0 Å². The summed E-state index contributed by atoms with van der Waals surface area (Å²) in [5.41, 5.74) is 0. The molecule has 1 N–H and O–H groups in total. The molecule has 5 heteroatoms. The number of aliphatic carboxylic acids is 1. The minimum atomic E-state index is -1.13. The van der Waals surface area contributed by atoms with E-state index in [0.717, 1.165) is 25.7 Å². The summed E-state index contributed by atoms with van der Waals surface area (Å²) in [5, 5.41) is 9.09. The number of hydrogen-bond acceptors (Lipinski definition) is 2. The van der Waals surface area contributed by atoms with Crippen LogP contribution in [0, 0.1) is 0 Å².